The Kier molecular flexibility index (Phi) is 5.74. The van der Waals surface area contributed by atoms with Crippen LogP contribution in [0.3, 0.4) is 0 Å². The third-order valence-corrected chi connectivity index (χ3v) is 4.23. The average molecular weight is 348 g/mol. The zero-order chi connectivity index (χ0) is 18.4. The van der Waals surface area contributed by atoms with Gasteiger partial charge in [-0.25, -0.2) is 4.39 Å². The van der Waals surface area contributed by atoms with Gasteiger partial charge in [-0.15, -0.1) is 0 Å². The summed E-state index contributed by atoms with van der Waals surface area (Å²) in [7, 11) is 0. The van der Waals surface area contributed by atoms with E-state index in [1.54, 1.807) is 36.5 Å². The standard InChI is InChI=1S/C22H21FN2O/c1-2-3-8-16-9-4-5-10-18(16)22(26)25-17-13-14-21(24-15-17)19-11-6-7-12-20(19)23/h4-7,9-15H,2-3,8H2,1H3,(H,25,26). The van der Waals surface area contributed by atoms with Gasteiger partial charge in [0.25, 0.3) is 5.91 Å². The second-order valence-electron chi connectivity index (χ2n) is 6.13. The number of nitrogens with one attached hydrogen (secondary N) is 1. The number of hydrogen-bond acceptors (Lipinski definition) is 2. The molecule has 0 aliphatic carbocycles. The smallest absolute Gasteiger partial charge is 0.255 e. The number of aryl methyl sites for hydroxylation is 1. The van der Waals surface area contributed by atoms with Crippen LogP contribution in [0.5, 0.6) is 0 Å². The lowest BCUT2D eigenvalue weighted by Crippen LogP contribution is -2.14. The van der Waals surface area contributed by atoms with Crippen LogP contribution in [0, 0.1) is 5.82 Å². The number of rotatable bonds is 6. The highest BCUT2D eigenvalue weighted by Crippen LogP contribution is 2.22. The molecule has 0 fully saturated rings. The maximum atomic E-state index is 13.8. The predicted molar refractivity (Wildman–Crippen MR) is 103 cm³/mol. The topological polar surface area (TPSA) is 42.0 Å². The van der Waals surface area contributed by atoms with Gasteiger partial charge < -0.3 is 5.32 Å². The number of amides is 1. The molecule has 0 aliphatic heterocycles. The van der Waals surface area contributed by atoms with E-state index in [-0.39, 0.29) is 11.7 Å². The fourth-order valence-corrected chi connectivity index (χ4v) is 2.82. The number of pyridine rings is 1. The summed E-state index contributed by atoms with van der Waals surface area (Å²) in [6.45, 7) is 2.13. The molecule has 3 aromatic rings. The van der Waals surface area contributed by atoms with Gasteiger partial charge in [0.15, 0.2) is 0 Å². The van der Waals surface area contributed by atoms with Crippen LogP contribution in [-0.4, -0.2) is 10.9 Å². The van der Waals surface area contributed by atoms with Crippen LogP contribution in [0.1, 0.15) is 35.7 Å². The van der Waals surface area contributed by atoms with Gasteiger partial charge in [0, 0.05) is 11.1 Å². The molecule has 26 heavy (non-hydrogen) atoms. The molecular formula is C22H21FN2O. The van der Waals surface area contributed by atoms with Crippen LogP contribution in [0.25, 0.3) is 11.3 Å². The summed E-state index contributed by atoms with van der Waals surface area (Å²) >= 11 is 0. The Bertz CT molecular complexity index is 891. The molecule has 1 amide bonds. The van der Waals surface area contributed by atoms with Crippen LogP contribution in [0.4, 0.5) is 10.1 Å². The summed E-state index contributed by atoms with van der Waals surface area (Å²) in [5.74, 6) is -0.473. The number of hydrogen-bond donors (Lipinski definition) is 1. The Hall–Kier alpha value is -3.01. The van der Waals surface area contributed by atoms with E-state index in [1.807, 2.05) is 24.3 Å². The fraction of sp³-hybridized carbons (Fsp3) is 0.182. The molecule has 0 aliphatic rings. The molecule has 1 aromatic heterocycles. The van der Waals surface area contributed by atoms with Gasteiger partial charge in [-0.3, -0.25) is 9.78 Å². The number of carbonyl (C=O) groups excluding carboxylic acids is 1. The maximum absolute atomic E-state index is 13.8. The summed E-state index contributed by atoms with van der Waals surface area (Å²) < 4.78 is 13.8. The highest BCUT2D eigenvalue weighted by Gasteiger charge is 2.11. The molecule has 3 nitrogen and oxygen atoms in total. The Morgan fingerprint density at radius 1 is 1.04 bits per heavy atom. The van der Waals surface area contributed by atoms with Crippen LogP contribution in [0.15, 0.2) is 66.9 Å². The molecule has 3 rings (SSSR count). The average Bonchev–Trinajstić information content (AvgIpc) is 2.68. The van der Waals surface area contributed by atoms with Gasteiger partial charge in [-0.05, 0) is 48.7 Å². The second-order valence-corrected chi connectivity index (χ2v) is 6.13. The molecule has 0 atom stereocenters. The van der Waals surface area contributed by atoms with E-state index in [2.05, 4.69) is 17.2 Å². The van der Waals surface area contributed by atoms with Crippen molar-refractivity contribution in [1.29, 1.82) is 0 Å². The van der Waals surface area contributed by atoms with E-state index in [0.717, 1.165) is 24.8 Å². The van der Waals surface area contributed by atoms with E-state index in [1.165, 1.54) is 6.07 Å². The van der Waals surface area contributed by atoms with Crippen molar-refractivity contribution < 1.29 is 9.18 Å². The van der Waals surface area contributed by atoms with E-state index in [4.69, 9.17) is 0 Å². The predicted octanol–water partition coefficient (Wildman–Crippen LogP) is 5.48. The monoisotopic (exact) mass is 348 g/mol. The van der Waals surface area contributed by atoms with E-state index >= 15 is 0 Å². The molecule has 1 heterocycles. The third-order valence-electron chi connectivity index (χ3n) is 4.23. The fourth-order valence-electron chi connectivity index (χ4n) is 2.82. The summed E-state index contributed by atoms with van der Waals surface area (Å²) in [6.07, 6.45) is 4.56. The van der Waals surface area contributed by atoms with Gasteiger partial charge in [0.05, 0.1) is 17.6 Å². The summed E-state index contributed by atoms with van der Waals surface area (Å²) in [5.41, 5.74) is 3.28. The molecule has 0 spiro atoms. The Balaban J connectivity index is 1.76. The van der Waals surface area contributed by atoms with E-state index in [9.17, 15) is 9.18 Å². The number of benzene rings is 2. The highest BCUT2D eigenvalue weighted by molar-refractivity contribution is 6.05. The molecule has 2 aromatic carbocycles. The minimum absolute atomic E-state index is 0.155. The van der Waals surface area contributed by atoms with Gasteiger partial charge in [-0.2, -0.15) is 0 Å². The molecule has 1 N–H and O–H groups in total. The van der Waals surface area contributed by atoms with Crippen molar-refractivity contribution in [3.8, 4) is 11.3 Å². The van der Waals surface area contributed by atoms with Gasteiger partial charge in [0.2, 0.25) is 0 Å². The van der Waals surface area contributed by atoms with Crippen LogP contribution < -0.4 is 5.32 Å². The lowest BCUT2D eigenvalue weighted by atomic mass is 10.0. The molecule has 0 unspecified atom stereocenters. The number of unbranched alkanes of at least 4 members (excludes halogenated alkanes) is 1. The highest BCUT2D eigenvalue weighted by atomic mass is 19.1. The molecule has 0 radical (unpaired) electrons. The summed E-state index contributed by atoms with van der Waals surface area (Å²) in [5, 5.41) is 2.87. The van der Waals surface area contributed by atoms with Crippen LogP contribution in [-0.2, 0) is 6.42 Å². The molecule has 0 saturated heterocycles. The summed E-state index contributed by atoms with van der Waals surface area (Å²) in [4.78, 5) is 16.9. The first kappa shape index (κ1) is 17.8. The Morgan fingerprint density at radius 3 is 2.54 bits per heavy atom. The van der Waals surface area contributed by atoms with Gasteiger partial charge in [0.1, 0.15) is 5.82 Å². The quantitative estimate of drug-likeness (QED) is 0.641. The van der Waals surface area contributed by atoms with Crippen molar-refractivity contribution >= 4 is 11.6 Å². The first-order valence-corrected chi connectivity index (χ1v) is 8.79. The maximum Gasteiger partial charge on any atom is 0.255 e. The molecule has 4 heteroatoms. The van der Waals surface area contributed by atoms with Crippen molar-refractivity contribution in [1.82, 2.24) is 4.98 Å². The number of carbonyl (C=O) groups is 1. The van der Waals surface area contributed by atoms with Crippen LogP contribution in [0.2, 0.25) is 0 Å². The zero-order valence-electron chi connectivity index (χ0n) is 14.7. The largest absolute Gasteiger partial charge is 0.321 e. The van der Waals surface area contributed by atoms with E-state index in [0.29, 0.717) is 22.5 Å². The van der Waals surface area contributed by atoms with Crippen molar-refractivity contribution in [2.45, 2.75) is 26.2 Å². The molecule has 132 valence electrons. The number of halogens is 1. The molecular weight excluding hydrogens is 327 g/mol. The number of nitrogens with zero attached hydrogens (tertiary/aromatic N) is 1. The minimum Gasteiger partial charge on any atom is -0.321 e. The Morgan fingerprint density at radius 2 is 1.81 bits per heavy atom. The second kappa shape index (κ2) is 8.39. The van der Waals surface area contributed by atoms with Crippen molar-refractivity contribution in [3.05, 3.63) is 83.8 Å². The normalized spacial score (nSPS) is 10.5. The van der Waals surface area contributed by atoms with Gasteiger partial charge >= 0.3 is 0 Å². The minimum atomic E-state index is -0.318. The lowest BCUT2D eigenvalue weighted by Gasteiger charge is -2.10. The Labute approximate surface area is 152 Å². The molecule has 0 saturated carbocycles. The van der Waals surface area contributed by atoms with Crippen LogP contribution >= 0.6 is 0 Å². The molecule has 0 bridgehead atoms. The van der Waals surface area contributed by atoms with E-state index < -0.39 is 0 Å². The third kappa shape index (κ3) is 4.14. The van der Waals surface area contributed by atoms with Crippen molar-refractivity contribution in [2.75, 3.05) is 5.32 Å². The van der Waals surface area contributed by atoms with Gasteiger partial charge in [-0.1, -0.05) is 43.7 Å². The number of aromatic nitrogens is 1. The first-order valence-electron chi connectivity index (χ1n) is 8.79. The van der Waals surface area contributed by atoms with Crippen molar-refractivity contribution in [3.63, 3.8) is 0 Å². The number of anilines is 1. The summed E-state index contributed by atoms with van der Waals surface area (Å²) in [6, 6.07) is 17.6. The lowest BCUT2D eigenvalue weighted by molar-refractivity contribution is 0.102. The first-order chi connectivity index (χ1) is 12.7. The van der Waals surface area contributed by atoms with Crippen molar-refractivity contribution in [2.24, 2.45) is 0 Å². The zero-order valence-corrected chi connectivity index (χ0v) is 14.7. The SMILES string of the molecule is CCCCc1ccccc1C(=O)Nc1ccc(-c2ccccc2F)nc1.